The second kappa shape index (κ2) is 6.36. The van der Waals surface area contributed by atoms with Crippen LogP contribution in [0.5, 0.6) is 0 Å². The molecule has 3 N–H and O–H groups in total. The van der Waals surface area contributed by atoms with E-state index in [1.165, 1.54) is 0 Å². The van der Waals surface area contributed by atoms with Gasteiger partial charge in [-0.05, 0) is 19.4 Å². The number of carbonyl (C=O) groups excluding carboxylic acids is 1. The first-order valence-electron chi connectivity index (χ1n) is 5.76. The van der Waals surface area contributed by atoms with Crippen molar-refractivity contribution in [3.05, 3.63) is 17.5 Å². The first-order valence-corrected chi connectivity index (χ1v) is 5.76. The van der Waals surface area contributed by atoms with Crippen molar-refractivity contribution in [2.45, 2.75) is 32.9 Å². The van der Waals surface area contributed by atoms with E-state index >= 15 is 0 Å². The van der Waals surface area contributed by atoms with Crippen LogP contribution in [0.4, 0.5) is 0 Å². The van der Waals surface area contributed by atoms with Gasteiger partial charge in [0.05, 0.1) is 18.4 Å². The van der Waals surface area contributed by atoms with Gasteiger partial charge in [-0.25, -0.2) is 0 Å². The average molecular weight is 241 g/mol. The minimum Gasteiger partial charge on any atom is -0.394 e. The lowest BCUT2D eigenvalue weighted by Crippen LogP contribution is -2.34. The minimum atomic E-state index is -0.928. The van der Waals surface area contributed by atoms with Gasteiger partial charge in [0.15, 0.2) is 0 Å². The Kier molecular flexibility index (Phi) is 5.11. The summed E-state index contributed by atoms with van der Waals surface area (Å²) >= 11 is 0. The van der Waals surface area contributed by atoms with Crippen LogP contribution in [0.25, 0.3) is 0 Å². The summed E-state index contributed by atoms with van der Waals surface area (Å²) in [5.41, 5.74) is 1.34. The van der Waals surface area contributed by atoms with E-state index in [0.29, 0.717) is 12.2 Å². The van der Waals surface area contributed by atoms with Crippen molar-refractivity contribution >= 4 is 5.91 Å². The quantitative estimate of drug-likeness (QED) is 0.629. The second-order valence-corrected chi connectivity index (χ2v) is 3.74. The molecular weight excluding hydrogens is 222 g/mol. The molecule has 0 saturated carbocycles. The smallest absolute Gasteiger partial charge is 0.269 e. The first-order chi connectivity index (χ1) is 8.12. The van der Waals surface area contributed by atoms with Gasteiger partial charge in [0.25, 0.3) is 5.91 Å². The molecular formula is C11H19N3O3. The summed E-state index contributed by atoms with van der Waals surface area (Å²) in [4.78, 5) is 11.8. The van der Waals surface area contributed by atoms with Crippen molar-refractivity contribution in [3.8, 4) is 0 Å². The lowest BCUT2D eigenvalue weighted by Gasteiger charge is -2.09. The second-order valence-electron chi connectivity index (χ2n) is 3.74. The molecule has 96 valence electrons. The molecule has 0 aromatic carbocycles. The van der Waals surface area contributed by atoms with Gasteiger partial charge in [0, 0.05) is 13.1 Å². The molecule has 1 amide bonds. The molecule has 6 nitrogen and oxygen atoms in total. The van der Waals surface area contributed by atoms with E-state index in [1.807, 2.05) is 13.8 Å². The number of aliphatic hydroxyl groups excluding tert-OH is 2. The molecule has 6 heteroatoms. The average Bonchev–Trinajstić information content (AvgIpc) is 2.78. The Morgan fingerprint density at radius 1 is 1.59 bits per heavy atom. The number of aliphatic hydroxyl groups is 2. The van der Waals surface area contributed by atoms with Gasteiger partial charge in [0.1, 0.15) is 5.69 Å². The van der Waals surface area contributed by atoms with Crippen LogP contribution in [0.2, 0.25) is 0 Å². The molecule has 0 bridgehead atoms. The molecule has 1 aromatic rings. The number of aromatic nitrogens is 2. The normalized spacial score (nSPS) is 12.5. The van der Waals surface area contributed by atoms with Crippen LogP contribution in [0, 0.1) is 0 Å². The molecule has 1 rings (SSSR count). The maximum atomic E-state index is 11.8. The number of carbonyl (C=O) groups is 1. The molecule has 0 fully saturated rings. The zero-order valence-electron chi connectivity index (χ0n) is 10.2. The molecule has 1 aromatic heterocycles. The standard InChI is InChI=1S/C11H19N3O3/c1-3-8-5-10(14(4-2)13-8)11(17)12-6-9(16)7-15/h5,9,15-16H,3-4,6-7H2,1-2H3,(H,12,17). The molecule has 1 heterocycles. The number of amides is 1. The van der Waals surface area contributed by atoms with Crippen molar-refractivity contribution in [2.24, 2.45) is 0 Å². The van der Waals surface area contributed by atoms with E-state index < -0.39 is 6.10 Å². The van der Waals surface area contributed by atoms with Gasteiger partial charge in [0.2, 0.25) is 0 Å². The number of nitrogens with zero attached hydrogens (tertiary/aromatic N) is 2. The van der Waals surface area contributed by atoms with E-state index in [0.717, 1.165) is 12.1 Å². The Balaban J connectivity index is 2.70. The summed E-state index contributed by atoms with van der Waals surface area (Å²) in [7, 11) is 0. The Morgan fingerprint density at radius 3 is 2.82 bits per heavy atom. The topological polar surface area (TPSA) is 87.4 Å². The number of hydrogen-bond donors (Lipinski definition) is 3. The number of hydrogen-bond acceptors (Lipinski definition) is 4. The summed E-state index contributed by atoms with van der Waals surface area (Å²) in [5, 5.41) is 24.6. The van der Waals surface area contributed by atoms with E-state index in [1.54, 1.807) is 10.7 Å². The highest BCUT2D eigenvalue weighted by molar-refractivity contribution is 5.92. The monoisotopic (exact) mass is 241 g/mol. The van der Waals surface area contributed by atoms with Gasteiger partial charge in [-0.2, -0.15) is 5.10 Å². The SMILES string of the molecule is CCc1cc(C(=O)NCC(O)CO)n(CC)n1. The van der Waals surface area contributed by atoms with Gasteiger partial charge in [-0.3, -0.25) is 9.48 Å². The van der Waals surface area contributed by atoms with Crippen molar-refractivity contribution in [3.63, 3.8) is 0 Å². The maximum absolute atomic E-state index is 11.8. The van der Waals surface area contributed by atoms with Crippen molar-refractivity contribution in [2.75, 3.05) is 13.2 Å². The summed E-state index contributed by atoms with van der Waals surface area (Å²) in [6, 6.07) is 1.74. The molecule has 0 radical (unpaired) electrons. The largest absolute Gasteiger partial charge is 0.394 e. The fourth-order valence-electron chi connectivity index (χ4n) is 1.43. The Bertz CT molecular complexity index is 376. The Morgan fingerprint density at radius 2 is 2.29 bits per heavy atom. The van der Waals surface area contributed by atoms with Crippen molar-refractivity contribution in [1.82, 2.24) is 15.1 Å². The maximum Gasteiger partial charge on any atom is 0.269 e. The molecule has 1 unspecified atom stereocenters. The molecule has 0 aliphatic carbocycles. The highest BCUT2D eigenvalue weighted by Crippen LogP contribution is 2.05. The summed E-state index contributed by atoms with van der Waals surface area (Å²) in [5.74, 6) is -0.286. The number of rotatable bonds is 6. The third-order valence-corrected chi connectivity index (χ3v) is 2.43. The summed E-state index contributed by atoms with van der Waals surface area (Å²) < 4.78 is 1.62. The lowest BCUT2D eigenvalue weighted by atomic mass is 10.3. The van der Waals surface area contributed by atoms with Crippen molar-refractivity contribution in [1.29, 1.82) is 0 Å². The van der Waals surface area contributed by atoms with Gasteiger partial charge in [-0.1, -0.05) is 6.92 Å². The summed E-state index contributed by atoms with van der Waals surface area (Å²) in [6.45, 7) is 4.16. The third kappa shape index (κ3) is 3.54. The highest BCUT2D eigenvalue weighted by Gasteiger charge is 2.14. The fourth-order valence-corrected chi connectivity index (χ4v) is 1.43. The predicted molar refractivity (Wildman–Crippen MR) is 62.7 cm³/mol. The van der Waals surface area contributed by atoms with E-state index in [9.17, 15) is 4.79 Å². The molecule has 0 saturated heterocycles. The molecule has 0 aliphatic rings. The van der Waals surface area contributed by atoms with E-state index in [2.05, 4.69) is 10.4 Å². The zero-order chi connectivity index (χ0) is 12.8. The van der Waals surface area contributed by atoms with Gasteiger partial charge >= 0.3 is 0 Å². The van der Waals surface area contributed by atoms with Crippen LogP contribution >= 0.6 is 0 Å². The molecule has 0 aliphatic heterocycles. The third-order valence-electron chi connectivity index (χ3n) is 2.43. The van der Waals surface area contributed by atoms with Gasteiger partial charge < -0.3 is 15.5 Å². The number of nitrogens with one attached hydrogen (secondary N) is 1. The van der Waals surface area contributed by atoms with Crippen LogP contribution in [-0.4, -0.2) is 45.2 Å². The Hall–Kier alpha value is -1.40. The van der Waals surface area contributed by atoms with Gasteiger partial charge in [-0.15, -0.1) is 0 Å². The molecule has 1 atom stereocenters. The van der Waals surface area contributed by atoms with Crippen molar-refractivity contribution < 1.29 is 15.0 Å². The zero-order valence-corrected chi connectivity index (χ0v) is 10.2. The summed E-state index contributed by atoms with van der Waals surface area (Å²) in [6.07, 6.45) is -0.158. The minimum absolute atomic E-state index is 0.0334. The lowest BCUT2D eigenvalue weighted by molar-refractivity contribution is 0.0795. The van der Waals surface area contributed by atoms with Crippen LogP contribution in [0.15, 0.2) is 6.07 Å². The fraction of sp³-hybridized carbons (Fsp3) is 0.636. The Labute approximate surface area is 100 Å². The van der Waals surface area contributed by atoms with Crippen LogP contribution in [-0.2, 0) is 13.0 Å². The molecule has 0 spiro atoms. The van der Waals surface area contributed by atoms with Crippen LogP contribution in [0.3, 0.4) is 0 Å². The highest BCUT2D eigenvalue weighted by atomic mass is 16.3. The predicted octanol–water partition coefficient (Wildman–Crippen LogP) is -0.452. The van der Waals surface area contributed by atoms with E-state index in [-0.39, 0.29) is 19.1 Å². The first kappa shape index (κ1) is 13.7. The van der Waals surface area contributed by atoms with Crippen LogP contribution < -0.4 is 5.32 Å². The molecule has 17 heavy (non-hydrogen) atoms. The van der Waals surface area contributed by atoms with E-state index in [4.69, 9.17) is 10.2 Å². The van der Waals surface area contributed by atoms with Crippen LogP contribution in [0.1, 0.15) is 30.0 Å². The number of aryl methyl sites for hydroxylation is 2.